The summed E-state index contributed by atoms with van der Waals surface area (Å²) < 4.78 is 23.7. The van der Waals surface area contributed by atoms with E-state index in [9.17, 15) is 19.4 Å². The molecule has 342 valence electrons. The van der Waals surface area contributed by atoms with Gasteiger partial charge in [0.25, 0.3) is 0 Å². The molecule has 0 aliphatic rings. The van der Waals surface area contributed by atoms with Gasteiger partial charge < -0.3 is 19.8 Å². The van der Waals surface area contributed by atoms with Crippen LogP contribution in [0, 0.1) is 0 Å². The van der Waals surface area contributed by atoms with Gasteiger partial charge in [-0.05, 0) is 12.8 Å². The van der Waals surface area contributed by atoms with Crippen LogP contribution in [0.25, 0.3) is 0 Å². The number of aliphatic hydroxyl groups excluding tert-OH is 1. The molecule has 0 saturated carbocycles. The summed E-state index contributed by atoms with van der Waals surface area (Å²) in [5.74, 6) is -0.139. The third-order valence-corrected chi connectivity index (χ3v) is 12.6. The van der Waals surface area contributed by atoms with Crippen molar-refractivity contribution in [2.45, 2.75) is 264 Å². The summed E-state index contributed by atoms with van der Waals surface area (Å²) >= 11 is 0. The van der Waals surface area contributed by atoms with Crippen molar-refractivity contribution >= 4 is 13.7 Å². The van der Waals surface area contributed by atoms with E-state index in [1.807, 2.05) is 21.1 Å². The number of carbonyl (C=O) groups is 1. The zero-order valence-corrected chi connectivity index (χ0v) is 39.8. The fourth-order valence-electron chi connectivity index (χ4n) is 7.64. The standard InChI is InChI=1S/C48H99N2O6P/c1-6-8-10-12-14-16-18-20-22-23-24-25-26-28-30-32-34-36-38-40-42-48(52)49-46(45-56-57(53,54)55-44-43-50(3,4)5)47(51)41-39-37-35-33-31-29-27-21-19-17-15-13-11-9-7-2/h46-47,51H,6-45H2,1-5H3,(H-,49,52,53,54)/p+1/t46-,47+/m0/s1. The largest absolute Gasteiger partial charge is 0.472 e. The predicted molar refractivity (Wildman–Crippen MR) is 245 cm³/mol. The van der Waals surface area contributed by atoms with Gasteiger partial charge >= 0.3 is 7.82 Å². The Labute approximate surface area is 355 Å². The van der Waals surface area contributed by atoms with Crippen LogP contribution < -0.4 is 5.32 Å². The molecule has 0 spiro atoms. The quantitative estimate of drug-likeness (QED) is 0.0321. The second-order valence-electron chi connectivity index (χ2n) is 18.6. The lowest BCUT2D eigenvalue weighted by Gasteiger charge is -2.26. The van der Waals surface area contributed by atoms with E-state index in [0.717, 1.165) is 38.5 Å². The second kappa shape index (κ2) is 40.9. The summed E-state index contributed by atoms with van der Waals surface area (Å²) in [5, 5.41) is 14.0. The lowest BCUT2D eigenvalue weighted by molar-refractivity contribution is -0.870. The van der Waals surface area contributed by atoms with Gasteiger partial charge in [0.1, 0.15) is 13.2 Å². The number of hydrogen-bond donors (Lipinski definition) is 3. The van der Waals surface area contributed by atoms with Gasteiger partial charge in [0.05, 0.1) is 39.9 Å². The number of nitrogens with zero attached hydrogens (tertiary/aromatic N) is 1. The maximum Gasteiger partial charge on any atom is 0.472 e. The molecule has 57 heavy (non-hydrogen) atoms. The van der Waals surface area contributed by atoms with Gasteiger partial charge in [-0.25, -0.2) is 4.57 Å². The molecule has 0 aromatic rings. The molecule has 0 rings (SSSR count). The van der Waals surface area contributed by atoms with Crippen molar-refractivity contribution in [3.8, 4) is 0 Å². The maximum atomic E-state index is 12.9. The SMILES string of the molecule is CCCCCCCCCCCCCCCCCCCCCCC(=O)N[C@@H](COP(=O)(O)OCC[N+](C)(C)C)[C@H](O)CCCCCCCCCCCCCCCCC. The Balaban J connectivity index is 4.22. The topological polar surface area (TPSA) is 105 Å². The Morgan fingerprint density at radius 2 is 0.842 bits per heavy atom. The van der Waals surface area contributed by atoms with Crippen molar-refractivity contribution in [1.29, 1.82) is 0 Å². The second-order valence-corrected chi connectivity index (χ2v) is 20.0. The fraction of sp³-hybridized carbons (Fsp3) is 0.979. The van der Waals surface area contributed by atoms with Gasteiger partial charge in [-0.3, -0.25) is 13.8 Å². The van der Waals surface area contributed by atoms with Gasteiger partial charge in [0.2, 0.25) is 5.91 Å². The molecule has 9 heteroatoms. The van der Waals surface area contributed by atoms with Crippen LogP contribution in [0.5, 0.6) is 0 Å². The summed E-state index contributed by atoms with van der Waals surface area (Å²) in [7, 11) is 1.63. The minimum absolute atomic E-state index is 0.0788. The number of rotatable bonds is 46. The molecule has 0 aromatic heterocycles. The van der Waals surface area contributed by atoms with E-state index in [-0.39, 0.29) is 19.1 Å². The highest BCUT2D eigenvalue weighted by Gasteiger charge is 2.28. The third-order valence-electron chi connectivity index (χ3n) is 11.6. The number of phosphoric acid groups is 1. The first-order chi connectivity index (χ1) is 27.5. The van der Waals surface area contributed by atoms with Crippen LogP contribution >= 0.6 is 7.82 Å². The molecule has 0 aliphatic carbocycles. The highest BCUT2D eigenvalue weighted by atomic mass is 31.2. The van der Waals surface area contributed by atoms with Crippen LogP contribution in [-0.2, 0) is 18.4 Å². The number of hydrogen-bond acceptors (Lipinski definition) is 5. The van der Waals surface area contributed by atoms with Crippen molar-refractivity contribution in [2.75, 3.05) is 40.9 Å². The molecule has 1 unspecified atom stereocenters. The molecule has 0 bridgehead atoms. The van der Waals surface area contributed by atoms with Crippen molar-refractivity contribution in [3.05, 3.63) is 0 Å². The van der Waals surface area contributed by atoms with Crippen molar-refractivity contribution in [3.63, 3.8) is 0 Å². The predicted octanol–water partition coefficient (Wildman–Crippen LogP) is 14.1. The third kappa shape index (κ3) is 43.4. The molecule has 8 nitrogen and oxygen atoms in total. The van der Waals surface area contributed by atoms with Gasteiger partial charge in [0, 0.05) is 6.42 Å². The van der Waals surface area contributed by atoms with E-state index >= 15 is 0 Å². The number of amides is 1. The van der Waals surface area contributed by atoms with Crippen LogP contribution in [-0.4, -0.2) is 73.4 Å². The Hall–Kier alpha value is -0.500. The van der Waals surface area contributed by atoms with Crippen LogP contribution in [0.15, 0.2) is 0 Å². The minimum Gasteiger partial charge on any atom is -0.391 e. The number of likely N-dealkylation sites (N-methyl/N-ethyl adjacent to an activating group) is 1. The van der Waals surface area contributed by atoms with Gasteiger partial charge in [-0.15, -0.1) is 0 Å². The average Bonchev–Trinajstić information content (AvgIpc) is 3.16. The molecule has 0 heterocycles. The summed E-state index contributed by atoms with van der Waals surface area (Å²) in [6, 6.07) is -0.753. The summed E-state index contributed by atoms with van der Waals surface area (Å²) in [6.07, 6.45) is 45.6. The zero-order chi connectivity index (χ0) is 42.1. The number of nitrogens with one attached hydrogen (secondary N) is 1. The molecule has 0 radical (unpaired) electrons. The molecule has 0 aromatic carbocycles. The van der Waals surface area contributed by atoms with E-state index in [1.54, 1.807) is 0 Å². The molecule has 0 fully saturated rings. The summed E-state index contributed by atoms with van der Waals surface area (Å²) in [4.78, 5) is 23.2. The number of carbonyl (C=O) groups excluding carboxylic acids is 1. The molecular weight excluding hydrogens is 732 g/mol. The smallest absolute Gasteiger partial charge is 0.391 e. The Morgan fingerprint density at radius 1 is 0.526 bits per heavy atom. The normalized spacial score (nSPS) is 14.2. The summed E-state index contributed by atoms with van der Waals surface area (Å²) in [6.45, 7) is 4.92. The number of phosphoric ester groups is 1. The lowest BCUT2D eigenvalue weighted by atomic mass is 10.0. The number of aliphatic hydroxyl groups is 1. The van der Waals surface area contributed by atoms with Crippen LogP contribution in [0.3, 0.4) is 0 Å². The minimum atomic E-state index is -4.31. The first kappa shape index (κ1) is 56.5. The molecular formula is C48H100N2O6P+. The average molecular weight is 832 g/mol. The monoisotopic (exact) mass is 832 g/mol. The lowest BCUT2D eigenvalue weighted by Crippen LogP contribution is -2.46. The Bertz CT molecular complexity index is 901. The number of unbranched alkanes of at least 4 members (excludes halogenated alkanes) is 33. The molecule has 0 saturated heterocycles. The van der Waals surface area contributed by atoms with E-state index in [0.29, 0.717) is 23.9 Å². The van der Waals surface area contributed by atoms with Gasteiger partial charge in [-0.1, -0.05) is 232 Å². The zero-order valence-electron chi connectivity index (χ0n) is 38.9. The van der Waals surface area contributed by atoms with E-state index in [4.69, 9.17) is 9.05 Å². The molecule has 1 amide bonds. The van der Waals surface area contributed by atoms with E-state index in [1.165, 1.54) is 186 Å². The highest BCUT2D eigenvalue weighted by Crippen LogP contribution is 2.43. The van der Waals surface area contributed by atoms with Crippen molar-refractivity contribution in [2.24, 2.45) is 0 Å². The van der Waals surface area contributed by atoms with E-state index < -0.39 is 20.0 Å². The molecule has 0 aliphatic heterocycles. The maximum absolute atomic E-state index is 12.9. The van der Waals surface area contributed by atoms with Crippen LogP contribution in [0.2, 0.25) is 0 Å². The van der Waals surface area contributed by atoms with Crippen molar-refractivity contribution in [1.82, 2.24) is 5.32 Å². The van der Waals surface area contributed by atoms with Crippen LogP contribution in [0.4, 0.5) is 0 Å². The highest BCUT2D eigenvalue weighted by molar-refractivity contribution is 7.47. The Morgan fingerprint density at radius 3 is 1.18 bits per heavy atom. The van der Waals surface area contributed by atoms with Crippen LogP contribution in [0.1, 0.15) is 251 Å². The number of quaternary nitrogens is 1. The first-order valence-corrected chi connectivity index (χ1v) is 26.4. The van der Waals surface area contributed by atoms with E-state index in [2.05, 4.69) is 19.2 Å². The Kier molecular flexibility index (Phi) is 40.5. The molecule has 3 atom stereocenters. The molecule has 3 N–H and O–H groups in total. The first-order valence-electron chi connectivity index (χ1n) is 24.9. The fourth-order valence-corrected chi connectivity index (χ4v) is 8.37. The summed E-state index contributed by atoms with van der Waals surface area (Å²) in [5.41, 5.74) is 0. The van der Waals surface area contributed by atoms with Crippen molar-refractivity contribution < 1.29 is 32.9 Å². The van der Waals surface area contributed by atoms with Gasteiger partial charge in [0.15, 0.2) is 0 Å². The van der Waals surface area contributed by atoms with Gasteiger partial charge in [-0.2, -0.15) is 0 Å².